The van der Waals surface area contributed by atoms with Gasteiger partial charge in [0, 0.05) is 18.5 Å². The lowest BCUT2D eigenvalue weighted by Crippen LogP contribution is -2.43. The molecule has 1 aromatic rings. The average Bonchev–Trinajstić information content (AvgIpc) is 2.46. The average molecular weight is 279 g/mol. The van der Waals surface area contributed by atoms with Gasteiger partial charge in [-0.15, -0.1) is 0 Å². The molecule has 0 spiro atoms. The van der Waals surface area contributed by atoms with Gasteiger partial charge in [0.2, 0.25) is 0 Å². The van der Waals surface area contributed by atoms with Crippen LogP contribution in [0.5, 0.6) is 0 Å². The van der Waals surface area contributed by atoms with Gasteiger partial charge >= 0.3 is 0 Å². The first-order valence-electron chi connectivity index (χ1n) is 7.70. The number of hydrogen-bond donors (Lipinski definition) is 1. The second kappa shape index (κ2) is 6.57. The minimum absolute atomic E-state index is 0.0735. The molecule has 1 aliphatic carbocycles. The van der Waals surface area contributed by atoms with Gasteiger partial charge in [-0.2, -0.15) is 0 Å². The van der Waals surface area contributed by atoms with Gasteiger partial charge in [-0.05, 0) is 37.8 Å². The van der Waals surface area contributed by atoms with Gasteiger partial charge in [0.25, 0.3) is 0 Å². The summed E-state index contributed by atoms with van der Waals surface area (Å²) in [4.78, 5) is 2.07. The standard InChI is InChI=1S/C17H26FNO/c1-3-19(16-9-5-4-8-15(16)18)12-17(13-20)10-6-7-14(2)11-17/h4-5,8-9,14,20H,3,6-7,10-13H2,1-2H3. The van der Waals surface area contributed by atoms with Crippen LogP contribution in [0.2, 0.25) is 0 Å². The first-order chi connectivity index (χ1) is 9.60. The van der Waals surface area contributed by atoms with E-state index in [1.54, 1.807) is 6.07 Å². The number of aliphatic hydroxyl groups is 1. The van der Waals surface area contributed by atoms with E-state index in [-0.39, 0.29) is 17.8 Å². The van der Waals surface area contributed by atoms with Crippen LogP contribution in [0.25, 0.3) is 0 Å². The summed E-state index contributed by atoms with van der Waals surface area (Å²) < 4.78 is 14.0. The Hall–Kier alpha value is -1.09. The quantitative estimate of drug-likeness (QED) is 0.885. The van der Waals surface area contributed by atoms with Gasteiger partial charge in [-0.1, -0.05) is 31.9 Å². The summed E-state index contributed by atoms with van der Waals surface area (Å²) >= 11 is 0. The molecule has 0 aromatic heterocycles. The van der Waals surface area contributed by atoms with Crippen LogP contribution in [0.1, 0.15) is 39.5 Å². The molecule has 0 saturated heterocycles. The number of nitrogens with zero attached hydrogens (tertiary/aromatic N) is 1. The number of aliphatic hydroxyl groups excluding tert-OH is 1. The van der Waals surface area contributed by atoms with Crippen LogP contribution < -0.4 is 4.90 Å². The molecule has 3 heteroatoms. The molecule has 0 radical (unpaired) electrons. The fraction of sp³-hybridized carbons (Fsp3) is 0.647. The van der Waals surface area contributed by atoms with E-state index in [2.05, 4.69) is 11.8 Å². The molecule has 2 nitrogen and oxygen atoms in total. The molecule has 2 unspecified atom stereocenters. The van der Waals surface area contributed by atoms with E-state index in [1.165, 1.54) is 12.5 Å². The van der Waals surface area contributed by atoms with Gasteiger partial charge in [-0.3, -0.25) is 0 Å². The van der Waals surface area contributed by atoms with Crippen molar-refractivity contribution in [2.24, 2.45) is 11.3 Å². The second-order valence-corrected chi connectivity index (χ2v) is 6.33. The fourth-order valence-corrected chi connectivity index (χ4v) is 3.59. The van der Waals surface area contributed by atoms with Gasteiger partial charge in [0.05, 0.1) is 12.3 Å². The lowest BCUT2D eigenvalue weighted by atomic mass is 9.70. The van der Waals surface area contributed by atoms with Crippen molar-refractivity contribution in [3.8, 4) is 0 Å². The number of para-hydroxylation sites is 1. The van der Waals surface area contributed by atoms with Crippen LogP contribution in [-0.2, 0) is 0 Å². The predicted molar refractivity (Wildman–Crippen MR) is 81.4 cm³/mol. The highest BCUT2D eigenvalue weighted by molar-refractivity contribution is 5.47. The molecule has 1 N–H and O–H groups in total. The molecule has 1 saturated carbocycles. The minimum atomic E-state index is -0.175. The van der Waals surface area contributed by atoms with Crippen LogP contribution in [0.15, 0.2) is 24.3 Å². The molecule has 0 heterocycles. The maximum atomic E-state index is 14.0. The van der Waals surface area contributed by atoms with Crippen molar-refractivity contribution in [2.45, 2.75) is 39.5 Å². The first-order valence-corrected chi connectivity index (χ1v) is 7.70. The monoisotopic (exact) mass is 279 g/mol. The zero-order valence-electron chi connectivity index (χ0n) is 12.6. The molecule has 20 heavy (non-hydrogen) atoms. The third-order valence-corrected chi connectivity index (χ3v) is 4.62. The van der Waals surface area contributed by atoms with E-state index in [0.717, 1.165) is 32.4 Å². The summed E-state index contributed by atoms with van der Waals surface area (Å²) in [7, 11) is 0. The Balaban J connectivity index is 2.18. The maximum absolute atomic E-state index is 14.0. The third-order valence-electron chi connectivity index (χ3n) is 4.62. The highest BCUT2D eigenvalue weighted by Gasteiger charge is 2.36. The summed E-state index contributed by atoms with van der Waals surface area (Å²) in [5.41, 5.74) is 0.580. The van der Waals surface area contributed by atoms with Crippen LogP contribution >= 0.6 is 0 Å². The molecule has 1 aliphatic rings. The Morgan fingerprint density at radius 1 is 1.40 bits per heavy atom. The van der Waals surface area contributed by atoms with E-state index in [9.17, 15) is 9.50 Å². The summed E-state index contributed by atoms with van der Waals surface area (Å²) in [6.45, 7) is 6.00. The number of rotatable bonds is 5. The largest absolute Gasteiger partial charge is 0.396 e. The van der Waals surface area contributed by atoms with Crippen molar-refractivity contribution < 1.29 is 9.50 Å². The van der Waals surface area contributed by atoms with Crippen LogP contribution in [0.4, 0.5) is 10.1 Å². The molecule has 2 atom stereocenters. The summed E-state index contributed by atoms with van der Waals surface area (Å²) in [6.07, 6.45) is 4.48. The lowest BCUT2D eigenvalue weighted by molar-refractivity contribution is 0.0666. The highest BCUT2D eigenvalue weighted by atomic mass is 19.1. The minimum Gasteiger partial charge on any atom is -0.396 e. The van der Waals surface area contributed by atoms with Crippen molar-refractivity contribution in [3.05, 3.63) is 30.1 Å². The smallest absolute Gasteiger partial charge is 0.146 e. The SMILES string of the molecule is CCN(CC1(CO)CCCC(C)C1)c1ccccc1F. The number of anilines is 1. The van der Waals surface area contributed by atoms with Crippen LogP contribution in [-0.4, -0.2) is 24.8 Å². The molecule has 0 bridgehead atoms. The van der Waals surface area contributed by atoms with Crippen molar-refractivity contribution in [1.82, 2.24) is 0 Å². The fourth-order valence-electron chi connectivity index (χ4n) is 3.59. The van der Waals surface area contributed by atoms with E-state index in [4.69, 9.17) is 0 Å². The molecule has 1 fully saturated rings. The van der Waals surface area contributed by atoms with Gasteiger partial charge in [0.1, 0.15) is 5.82 Å². The highest BCUT2D eigenvalue weighted by Crippen LogP contribution is 2.40. The van der Waals surface area contributed by atoms with Crippen molar-refractivity contribution in [3.63, 3.8) is 0 Å². The van der Waals surface area contributed by atoms with E-state index in [0.29, 0.717) is 11.6 Å². The Morgan fingerprint density at radius 3 is 2.75 bits per heavy atom. The summed E-state index contributed by atoms with van der Waals surface area (Å²) in [5.74, 6) is 0.474. The van der Waals surface area contributed by atoms with Gasteiger partial charge in [0.15, 0.2) is 0 Å². The Kier molecular flexibility index (Phi) is 5.03. The topological polar surface area (TPSA) is 23.5 Å². The van der Waals surface area contributed by atoms with Crippen molar-refractivity contribution >= 4 is 5.69 Å². The summed E-state index contributed by atoms with van der Waals surface area (Å²) in [5, 5.41) is 9.90. The molecular formula is C17H26FNO. The molecule has 112 valence electrons. The predicted octanol–water partition coefficient (Wildman–Crippen LogP) is 3.84. The molecule has 0 aliphatic heterocycles. The Bertz CT molecular complexity index is 437. The number of hydrogen-bond acceptors (Lipinski definition) is 2. The number of benzene rings is 1. The Morgan fingerprint density at radius 2 is 2.15 bits per heavy atom. The molecule has 2 rings (SSSR count). The first kappa shape index (κ1) is 15.3. The van der Waals surface area contributed by atoms with Gasteiger partial charge < -0.3 is 10.0 Å². The normalized spacial score (nSPS) is 26.5. The second-order valence-electron chi connectivity index (χ2n) is 6.33. The van der Waals surface area contributed by atoms with Crippen molar-refractivity contribution in [2.75, 3.05) is 24.6 Å². The van der Waals surface area contributed by atoms with Gasteiger partial charge in [-0.25, -0.2) is 4.39 Å². The van der Waals surface area contributed by atoms with E-state index < -0.39 is 0 Å². The van der Waals surface area contributed by atoms with Crippen LogP contribution in [0.3, 0.4) is 0 Å². The van der Waals surface area contributed by atoms with Crippen LogP contribution in [0, 0.1) is 17.2 Å². The third kappa shape index (κ3) is 3.32. The molecule has 0 amide bonds. The van der Waals surface area contributed by atoms with Crippen molar-refractivity contribution in [1.29, 1.82) is 0 Å². The molecular weight excluding hydrogens is 253 g/mol. The Labute approximate surface area is 121 Å². The maximum Gasteiger partial charge on any atom is 0.146 e. The molecule has 1 aromatic carbocycles. The van der Waals surface area contributed by atoms with E-state index in [1.807, 2.05) is 19.1 Å². The van der Waals surface area contributed by atoms with E-state index >= 15 is 0 Å². The number of halogens is 1. The zero-order chi connectivity index (χ0) is 14.6. The lowest BCUT2D eigenvalue weighted by Gasteiger charge is -2.42. The zero-order valence-corrected chi connectivity index (χ0v) is 12.6. The summed E-state index contributed by atoms with van der Waals surface area (Å²) in [6, 6.07) is 6.93.